The van der Waals surface area contributed by atoms with E-state index in [0.29, 0.717) is 12.1 Å². The molecule has 0 bridgehead atoms. The Morgan fingerprint density at radius 1 is 1.71 bits per heavy atom. The monoisotopic (exact) mass is 297 g/mol. The molecule has 0 spiro atoms. The van der Waals surface area contributed by atoms with Gasteiger partial charge in [-0.15, -0.1) is 11.8 Å². The molecule has 2 heterocycles. The molecule has 1 fully saturated rings. The van der Waals surface area contributed by atoms with Gasteiger partial charge in [0.25, 0.3) is 0 Å². The minimum absolute atomic E-state index is 0. The maximum Gasteiger partial charge on any atom is 1.00 e. The molecule has 1 N–H and O–H groups in total. The van der Waals surface area contributed by atoms with Crippen molar-refractivity contribution < 1.29 is 66.4 Å². The van der Waals surface area contributed by atoms with Crippen molar-refractivity contribution in [3.8, 4) is 0 Å². The predicted octanol–water partition coefficient (Wildman–Crippen LogP) is -2.79. The molecule has 1 amide bonds. The van der Waals surface area contributed by atoms with E-state index in [1.807, 2.05) is 6.92 Å². The molecule has 0 saturated carbocycles. The third kappa shape index (κ3) is 2.53. The Kier molecular flexibility index (Phi) is 5.68. The standard InChI is InChI=1S/C10H13NO3S2.K/c1-3-5-7(10(14)15)11-8(13)6(4(2)12)9(11)16-5;/h4,6,9,12H,3H2,1-2H3,(H,14,15);/q;+1/p-1/t4?,6-,9-;/m1./s1. The maximum absolute atomic E-state index is 11.8. The molecular formula is C10H12KNO3S2. The number of hydrogen-bond donors (Lipinski definition) is 1. The molecule has 2 aliphatic heterocycles. The van der Waals surface area contributed by atoms with Crippen LogP contribution in [0.3, 0.4) is 0 Å². The number of thioether (sulfide) groups is 1. The molecule has 0 aromatic rings. The summed E-state index contributed by atoms with van der Waals surface area (Å²) in [5, 5.41) is 20.2. The Morgan fingerprint density at radius 2 is 2.29 bits per heavy atom. The van der Waals surface area contributed by atoms with Crippen molar-refractivity contribution in [2.24, 2.45) is 5.92 Å². The minimum atomic E-state index is -0.682. The number of hydrogen-bond acceptors (Lipinski definition) is 5. The van der Waals surface area contributed by atoms with Crippen LogP contribution >= 0.6 is 24.0 Å². The van der Waals surface area contributed by atoms with Gasteiger partial charge in [0, 0.05) is 4.91 Å². The molecule has 17 heavy (non-hydrogen) atoms. The van der Waals surface area contributed by atoms with Crippen LogP contribution in [0.5, 0.6) is 0 Å². The fraction of sp³-hybridized carbons (Fsp3) is 0.600. The van der Waals surface area contributed by atoms with E-state index in [2.05, 4.69) is 12.2 Å². The number of allylic oxidation sites excluding steroid dienone is 1. The normalized spacial score (nSPS) is 28.4. The number of β-lactam (4-membered cyclic amide) rings is 1. The van der Waals surface area contributed by atoms with Crippen molar-refractivity contribution in [1.82, 2.24) is 4.90 Å². The van der Waals surface area contributed by atoms with E-state index in [1.165, 1.54) is 16.7 Å². The molecule has 88 valence electrons. The van der Waals surface area contributed by atoms with E-state index in [-0.39, 0.29) is 62.7 Å². The van der Waals surface area contributed by atoms with Crippen LogP contribution in [0.2, 0.25) is 0 Å². The predicted molar refractivity (Wildman–Crippen MR) is 63.3 cm³/mol. The first-order valence-electron chi connectivity index (χ1n) is 5.11. The molecule has 3 atom stereocenters. The second kappa shape index (κ2) is 6.00. The number of carbonyl (C=O) groups excluding carboxylic acids is 1. The molecule has 0 aromatic heterocycles. The molecule has 2 rings (SSSR count). The summed E-state index contributed by atoms with van der Waals surface area (Å²) in [6.07, 6.45) is 0.00813. The second-order valence-electron chi connectivity index (χ2n) is 3.90. The topological polar surface area (TPSA) is 63.6 Å². The molecule has 1 unspecified atom stereocenters. The van der Waals surface area contributed by atoms with Crippen molar-refractivity contribution in [2.75, 3.05) is 0 Å². The summed E-state index contributed by atoms with van der Waals surface area (Å²) in [5.74, 6) is -0.595. The molecule has 0 aromatic carbocycles. The molecule has 0 radical (unpaired) electrons. The quantitative estimate of drug-likeness (QED) is 0.347. The summed E-state index contributed by atoms with van der Waals surface area (Å²) >= 11 is 6.11. The number of fused-ring (bicyclic) bond motifs is 1. The van der Waals surface area contributed by atoms with Crippen LogP contribution in [0.1, 0.15) is 20.3 Å². The van der Waals surface area contributed by atoms with Gasteiger partial charge in [-0.25, -0.2) is 0 Å². The zero-order valence-corrected chi connectivity index (χ0v) is 14.7. The first-order chi connectivity index (χ1) is 7.49. The van der Waals surface area contributed by atoms with Gasteiger partial charge in [-0.3, -0.25) is 9.69 Å². The Bertz CT molecular complexity index is 397. The number of amides is 1. The van der Waals surface area contributed by atoms with Crippen molar-refractivity contribution in [1.29, 1.82) is 0 Å². The molecule has 0 aliphatic carbocycles. The summed E-state index contributed by atoms with van der Waals surface area (Å²) in [5.41, 5.74) is 0.356. The molecule has 7 heteroatoms. The summed E-state index contributed by atoms with van der Waals surface area (Å²) in [6, 6.07) is 0. The van der Waals surface area contributed by atoms with Crippen LogP contribution in [0.25, 0.3) is 0 Å². The summed E-state index contributed by atoms with van der Waals surface area (Å²) in [7, 11) is 0. The first kappa shape index (κ1) is 16.1. The van der Waals surface area contributed by atoms with E-state index in [1.54, 1.807) is 6.92 Å². The van der Waals surface area contributed by atoms with Crippen molar-refractivity contribution in [2.45, 2.75) is 31.7 Å². The minimum Gasteiger partial charge on any atom is -0.863 e. The van der Waals surface area contributed by atoms with Crippen molar-refractivity contribution in [3.05, 3.63) is 10.6 Å². The van der Waals surface area contributed by atoms with Gasteiger partial charge in [0.2, 0.25) is 5.91 Å². The number of carbonyl (C=O) groups is 1. The Balaban J connectivity index is 0.00000144. The number of rotatable bonds is 3. The van der Waals surface area contributed by atoms with Crippen LogP contribution in [-0.4, -0.2) is 32.4 Å². The van der Waals surface area contributed by atoms with Gasteiger partial charge in [-0.05, 0) is 18.4 Å². The second-order valence-corrected chi connectivity index (χ2v) is 5.48. The SMILES string of the molecule is CCC1=C(C([O-])=S)N2C(=O)[C@@H](C(C)O)[C@H]2S1.[K+]. The number of nitrogens with zero attached hydrogens (tertiary/aromatic N) is 1. The Labute approximate surface area is 152 Å². The van der Waals surface area contributed by atoms with Gasteiger partial charge in [-0.1, -0.05) is 19.1 Å². The van der Waals surface area contributed by atoms with Crippen LogP contribution in [0.15, 0.2) is 10.6 Å². The van der Waals surface area contributed by atoms with E-state index in [9.17, 15) is 15.0 Å². The zero-order chi connectivity index (χ0) is 12.0. The number of aliphatic hydroxyl groups is 1. The summed E-state index contributed by atoms with van der Waals surface area (Å²) < 4.78 is 0. The van der Waals surface area contributed by atoms with Crippen LogP contribution in [-0.2, 0) is 4.79 Å². The fourth-order valence-electron chi connectivity index (χ4n) is 2.09. The van der Waals surface area contributed by atoms with Crippen molar-refractivity contribution in [3.63, 3.8) is 0 Å². The zero-order valence-electron chi connectivity index (χ0n) is 9.97. The van der Waals surface area contributed by atoms with Gasteiger partial charge < -0.3 is 10.2 Å². The maximum atomic E-state index is 11.8. The van der Waals surface area contributed by atoms with Gasteiger partial charge in [0.1, 0.15) is 5.37 Å². The van der Waals surface area contributed by atoms with Gasteiger partial charge in [0.05, 0.1) is 17.7 Å². The van der Waals surface area contributed by atoms with Crippen LogP contribution in [0.4, 0.5) is 0 Å². The Hall–Kier alpha value is 1.05. The van der Waals surface area contributed by atoms with Crippen LogP contribution < -0.4 is 56.5 Å². The van der Waals surface area contributed by atoms with E-state index >= 15 is 0 Å². The largest absolute Gasteiger partial charge is 1.00 e. The first-order valence-corrected chi connectivity index (χ1v) is 6.40. The van der Waals surface area contributed by atoms with Gasteiger partial charge >= 0.3 is 51.4 Å². The molecule has 2 aliphatic rings. The fourth-order valence-corrected chi connectivity index (χ4v) is 3.95. The number of thiocarbonyl (C=S) groups is 1. The van der Waals surface area contributed by atoms with Gasteiger partial charge in [0.15, 0.2) is 0 Å². The Morgan fingerprint density at radius 3 is 2.71 bits per heavy atom. The summed E-state index contributed by atoms with van der Waals surface area (Å²) in [4.78, 5) is 14.1. The van der Waals surface area contributed by atoms with E-state index < -0.39 is 17.1 Å². The third-order valence-electron chi connectivity index (χ3n) is 2.89. The molecular weight excluding hydrogens is 285 g/mol. The average molecular weight is 297 g/mol. The van der Waals surface area contributed by atoms with Gasteiger partial charge in [-0.2, -0.15) is 0 Å². The van der Waals surface area contributed by atoms with E-state index in [0.717, 1.165) is 4.91 Å². The van der Waals surface area contributed by atoms with Crippen LogP contribution in [0, 0.1) is 5.92 Å². The third-order valence-corrected chi connectivity index (χ3v) is 4.59. The number of aliphatic hydroxyl groups excluding tert-OH is 1. The van der Waals surface area contributed by atoms with E-state index in [4.69, 9.17) is 0 Å². The summed E-state index contributed by atoms with van der Waals surface area (Å²) in [6.45, 7) is 3.52. The average Bonchev–Trinajstić information content (AvgIpc) is 2.51. The molecule has 4 nitrogen and oxygen atoms in total. The van der Waals surface area contributed by atoms with Crippen molar-refractivity contribution >= 4 is 34.9 Å². The smallest absolute Gasteiger partial charge is 0.863 e. The molecule has 1 saturated heterocycles.